The molecule has 0 radical (unpaired) electrons. The third-order valence-corrected chi connectivity index (χ3v) is 7.71. The van der Waals surface area contributed by atoms with E-state index in [1.807, 2.05) is 4.90 Å². The summed E-state index contributed by atoms with van der Waals surface area (Å²) in [4.78, 5) is 45.4. The summed E-state index contributed by atoms with van der Waals surface area (Å²) in [6, 6.07) is 12.2. The van der Waals surface area contributed by atoms with Crippen molar-refractivity contribution in [2.75, 3.05) is 19.6 Å². The number of likely N-dealkylation sites (tertiary alicyclic amines) is 1. The second-order valence-corrected chi connectivity index (χ2v) is 11.0. The number of rotatable bonds is 6. The Morgan fingerprint density at radius 1 is 1.05 bits per heavy atom. The summed E-state index contributed by atoms with van der Waals surface area (Å²) < 4.78 is 29.3. The van der Waals surface area contributed by atoms with Crippen LogP contribution in [0.4, 0.5) is 8.78 Å². The summed E-state index contributed by atoms with van der Waals surface area (Å²) in [5.41, 5.74) is 0.547. The molecule has 194 valence electrons. The maximum absolute atomic E-state index is 15.6. The Kier molecular flexibility index (Phi) is 5.67. The SMILES string of the molecule is CC1(C)N=C(c2ccc(-c3ccc4cc(F)ccc4c3C=O)cc2F)N(CC2CN(C(=O)C3CC3)C2)C1=O. The van der Waals surface area contributed by atoms with Gasteiger partial charge in [-0.2, -0.15) is 0 Å². The van der Waals surface area contributed by atoms with Gasteiger partial charge < -0.3 is 4.90 Å². The molecule has 6 nitrogen and oxygen atoms in total. The van der Waals surface area contributed by atoms with E-state index in [1.165, 1.54) is 18.2 Å². The molecule has 0 unspecified atom stereocenters. The van der Waals surface area contributed by atoms with Crippen molar-refractivity contribution in [2.24, 2.45) is 16.8 Å². The number of hydrogen-bond acceptors (Lipinski definition) is 4. The van der Waals surface area contributed by atoms with Crippen LogP contribution in [-0.2, 0) is 9.59 Å². The van der Waals surface area contributed by atoms with Gasteiger partial charge >= 0.3 is 0 Å². The maximum atomic E-state index is 15.6. The number of aldehydes is 1. The number of carbonyl (C=O) groups is 3. The number of fused-ring (bicyclic) bond motifs is 1. The fourth-order valence-corrected chi connectivity index (χ4v) is 5.45. The number of benzene rings is 3. The third kappa shape index (κ3) is 4.08. The predicted octanol–water partition coefficient (Wildman–Crippen LogP) is 4.83. The van der Waals surface area contributed by atoms with Crippen molar-refractivity contribution in [2.45, 2.75) is 32.2 Å². The summed E-state index contributed by atoms with van der Waals surface area (Å²) in [7, 11) is 0. The second kappa shape index (κ2) is 8.82. The first-order valence-corrected chi connectivity index (χ1v) is 12.8. The summed E-state index contributed by atoms with van der Waals surface area (Å²) in [6.45, 7) is 4.97. The molecule has 3 aromatic carbocycles. The Bertz CT molecular complexity index is 1540. The van der Waals surface area contributed by atoms with E-state index in [-0.39, 0.29) is 35.0 Å². The highest BCUT2D eigenvalue weighted by Crippen LogP contribution is 2.35. The molecule has 3 aliphatic rings. The first-order chi connectivity index (χ1) is 18.2. The molecule has 8 heteroatoms. The van der Waals surface area contributed by atoms with Crippen LogP contribution in [0, 0.1) is 23.5 Å². The van der Waals surface area contributed by atoms with E-state index < -0.39 is 17.2 Å². The molecule has 3 aromatic rings. The minimum absolute atomic E-state index is 0.112. The van der Waals surface area contributed by atoms with Crippen LogP contribution < -0.4 is 0 Å². The predicted molar refractivity (Wildman–Crippen MR) is 140 cm³/mol. The van der Waals surface area contributed by atoms with Gasteiger partial charge in [-0.1, -0.05) is 24.3 Å². The van der Waals surface area contributed by atoms with Gasteiger partial charge in [-0.15, -0.1) is 0 Å². The first-order valence-electron chi connectivity index (χ1n) is 12.8. The van der Waals surface area contributed by atoms with E-state index >= 15 is 4.39 Å². The highest BCUT2D eigenvalue weighted by atomic mass is 19.1. The van der Waals surface area contributed by atoms with Gasteiger partial charge in [0.05, 0.1) is 5.56 Å². The normalized spacial score (nSPS) is 19.1. The summed E-state index contributed by atoms with van der Waals surface area (Å²) in [5.74, 6) is -0.419. The molecule has 2 heterocycles. The van der Waals surface area contributed by atoms with Gasteiger partial charge in [0.1, 0.15) is 23.0 Å². The lowest BCUT2D eigenvalue weighted by Crippen LogP contribution is -2.55. The Balaban J connectivity index is 1.29. The van der Waals surface area contributed by atoms with Crippen LogP contribution in [0.2, 0.25) is 0 Å². The van der Waals surface area contributed by atoms with Crippen molar-refractivity contribution in [3.8, 4) is 11.1 Å². The van der Waals surface area contributed by atoms with E-state index in [1.54, 1.807) is 49.1 Å². The molecule has 6 rings (SSSR count). The lowest BCUT2D eigenvalue weighted by atomic mass is 9.94. The van der Waals surface area contributed by atoms with Crippen molar-refractivity contribution < 1.29 is 23.2 Å². The number of halogens is 2. The number of carbonyl (C=O) groups excluding carboxylic acids is 3. The zero-order valence-corrected chi connectivity index (χ0v) is 21.2. The van der Waals surface area contributed by atoms with Gasteiger partial charge in [-0.3, -0.25) is 24.3 Å². The van der Waals surface area contributed by atoms with Gasteiger partial charge in [0.25, 0.3) is 5.91 Å². The third-order valence-electron chi connectivity index (χ3n) is 7.71. The van der Waals surface area contributed by atoms with Crippen molar-refractivity contribution in [3.63, 3.8) is 0 Å². The van der Waals surface area contributed by atoms with E-state index in [0.29, 0.717) is 53.4 Å². The lowest BCUT2D eigenvalue weighted by Gasteiger charge is -2.41. The zero-order valence-electron chi connectivity index (χ0n) is 21.2. The largest absolute Gasteiger partial charge is 0.342 e. The van der Waals surface area contributed by atoms with Crippen LogP contribution in [0.15, 0.2) is 53.5 Å². The average molecular weight is 516 g/mol. The fourth-order valence-electron chi connectivity index (χ4n) is 5.45. The Hall–Kier alpha value is -3.94. The van der Waals surface area contributed by atoms with E-state index in [0.717, 1.165) is 12.8 Å². The summed E-state index contributed by atoms with van der Waals surface area (Å²) in [6.07, 6.45) is 2.61. The quantitative estimate of drug-likeness (QED) is 0.442. The van der Waals surface area contributed by atoms with Crippen molar-refractivity contribution in [1.82, 2.24) is 9.80 Å². The fraction of sp³-hybridized carbons (Fsp3) is 0.333. The Morgan fingerprint density at radius 2 is 1.79 bits per heavy atom. The summed E-state index contributed by atoms with van der Waals surface area (Å²) >= 11 is 0. The van der Waals surface area contributed by atoms with Crippen molar-refractivity contribution >= 4 is 34.7 Å². The average Bonchev–Trinajstić information content (AvgIpc) is 3.68. The van der Waals surface area contributed by atoms with Crippen molar-refractivity contribution in [1.29, 1.82) is 0 Å². The lowest BCUT2D eigenvalue weighted by molar-refractivity contribution is -0.140. The molecule has 0 bridgehead atoms. The molecule has 2 aliphatic heterocycles. The van der Waals surface area contributed by atoms with Gasteiger partial charge in [0, 0.05) is 37.0 Å². The number of aliphatic imine (C=N–C) groups is 1. The molecule has 2 amide bonds. The van der Waals surface area contributed by atoms with Gasteiger partial charge in [-0.25, -0.2) is 8.78 Å². The molecule has 0 aromatic heterocycles. The molecule has 1 aliphatic carbocycles. The molecule has 2 fully saturated rings. The van der Waals surface area contributed by atoms with E-state index in [9.17, 15) is 18.8 Å². The molecule has 0 N–H and O–H groups in total. The molecule has 1 saturated heterocycles. The molecule has 0 spiro atoms. The molecule has 38 heavy (non-hydrogen) atoms. The molecular formula is C30H27F2N3O3. The van der Waals surface area contributed by atoms with Crippen LogP contribution in [-0.4, -0.2) is 58.9 Å². The highest BCUT2D eigenvalue weighted by molar-refractivity contribution is 6.15. The van der Waals surface area contributed by atoms with E-state index in [2.05, 4.69) is 4.99 Å². The van der Waals surface area contributed by atoms with Gasteiger partial charge in [0.2, 0.25) is 5.91 Å². The van der Waals surface area contributed by atoms with Gasteiger partial charge in [0.15, 0.2) is 6.29 Å². The van der Waals surface area contributed by atoms with Crippen LogP contribution in [0.5, 0.6) is 0 Å². The second-order valence-electron chi connectivity index (χ2n) is 11.0. The monoisotopic (exact) mass is 515 g/mol. The maximum Gasteiger partial charge on any atom is 0.255 e. The topological polar surface area (TPSA) is 70.1 Å². The summed E-state index contributed by atoms with van der Waals surface area (Å²) in [5, 5.41) is 1.16. The van der Waals surface area contributed by atoms with Crippen molar-refractivity contribution in [3.05, 3.63) is 71.3 Å². The van der Waals surface area contributed by atoms with E-state index in [4.69, 9.17) is 0 Å². The minimum Gasteiger partial charge on any atom is -0.342 e. The van der Waals surface area contributed by atoms with Crippen LogP contribution in [0.3, 0.4) is 0 Å². The molecule has 0 atom stereocenters. The van der Waals surface area contributed by atoms with Gasteiger partial charge in [-0.05, 0) is 72.9 Å². The highest BCUT2D eigenvalue weighted by Gasteiger charge is 2.45. The minimum atomic E-state index is -1.02. The smallest absolute Gasteiger partial charge is 0.255 e. The Labute approximate surface area is 218 Å². The molecule has 1 saturated carbocycles. The van der Waals surface area contributed by atoms with Crippen LogP contribution in [0.25, 0.3) is 21.9 Å². The first kappa shape index (κ1) is 24.4. The number of amides is 2. The Morgan fingerprint density at radius 3 is 2.47 bits per heavy atom. The molecular weight excluding hydrogens is 488 g/mol. The number of nitrogens with zero attached hydrogens (tertiary/aromatic N) is 3. The van der Waals surface area contributed by atoms with Crippen LogP contribution >= 0.6 is 0 Å². The number of hydrogen-bond donors (Lipinski definition) is 0. The number of amidine groups is 1. The zero-order chi connectivity index (χ0) is 26.8. The standard InChI is InChI=1S/C30H27F2N3O3/c1-30(2)29(38)35(15-17-13-34(14-17)28(37)18-3-4-18)27(33-30)24-9-6-20(12-26(24)32)22-8-5-19-11-21(31)7-10-23(19)25(22)16-36/h5-12,16-18H,3-4,13-15H2,1-2H3. The van der Waals surface area contributed by atoms with Crippen LogP contribution in [0.1, 0.15) is 42.6 Å².